The molecule has 0 heterocycles. The van der Waals surface area contributed by atoms with Crippen molar-refractivity contribution in [2.75, 3.05) is 30.8 Å². The maximum atomic E-state index is 10.3. The molecular formula is C13H16N2O3S. The van der Waals surface area contributed by atoms with Crippen LogP contribution < -0.4 is 5.32 Å². The predicted molar refractivity (Wildman–Crippen MR) is 74.5 cm³/mol. The molecule has 0 amide bonds. The first-order valence-electron chi connectivity index (χ1n) is 5.88. The molecule has 0 aliphatic heterocycles. The Morgan fingerprint density at radius 3 is 3.00 bits per heavy atom. The third kappa shape index (κ3) is 5.20. The van der Waals surface area contributed by atoms with Crippen molar-refractivity contribution < 1.29 is 14.6 Å². The third-order valence-electron chi connectivity index (χ3n) is 2.23. The topological polar surface area (TPSA) is 82.3 Å². The molecule has 0 aliphatic carbocycles. The molecule has 0 aliphatic rings. The molecule has 6 heteroatoms. The third-order valence-corrected chi connectivity index (χ3v) is 3.17. The quantitative estimate of drug-likeness (QED) is 0.561. The van der Waals surface area contributed by atoms with Crippen molar-refractivity contribution in [2.24, 2.45) is 0 Å². The number of ether oxygens (including phenoxy) is 1. The zero-order chi connectivity index (χ0) is 14.1. The highest BCUT2D eigenvalue weighted by atomic mass is 32.2. The highest BCUT2D eigenvalue weighted by molar-refractivity contribution is 7.99. The number of nitriles is 1. The van der Waals surface area contributed by atoms with Gasteiger partial charge in [-0.2, -0.15) is 5.26 Å². The number of hydrogen-bond donors (Lipinski definition) is 2. The van der Waals surface area contributed by atoms with Gasteiger partial charge in [0.05, 0.1) is 17.9 Å². The Hall–Kier alpha value is -1.71. The standard InChI is InChI=1S/C13H16N2O3S/c1-2-19-12-5-3-4-11(10(12)8-14)15-6-7-18-9-13(16)17/h3-5,15H,2,6-7,9H2,1H3,(H,16,17). The van der Waals surface area contributed by atoms with E-state index in [2.05, 4.69) is 11.4 Å². The number of thioether (sulfide) groups is 1. The molecule has 0 unspecified atom stereocenters. The van der Waals surface area contributed by atoms with E-state index in [0.29, 0.717) is 12.1 Å². The van der Waals surface area contributed by atoms with Gasteiger partial charge in [0.15, 0.2) is 0 Å². The molecule has 2 N–H and O–H groups in total. The van der Waals surface area contributed by atoms with Crippen LogP contribution in [0.25, 0.3) is 0 Å². The van der Waals surface area contributed by atoms with Gasteiger partial charge in [-0.05, 0) is 17.9 Å². The number of rotatable bonds is 8. The Morgan fingerprint density at radius 2 is 2.37 bits per heavy atom. The summed E-state index contributed by atoms with van der Waals surface area (Å²) < 4.78 is 4.92. The van der Waals surface area contributed by atoms with Crippen molar-refractivity contribution in [1.82, 2.24) is 0 Å². The molecule has 1 aromatic rings. The average Bonchev–Trinajstić information content (AvgIpc) is 2.38. The lowest BCUT2D eigenvalue weighted by molar-refractivity contribution is -0.142. The minimum Gasteiger partial charge on any atom is -0.480 e. The molecule has 0 atom stereocenters. The minimum absolute atomic E-state index is 0.280. The summed E-state index contributed by atoms with van der Waals surface area (Å²) in [4.78, 5) is 11.2. The van der Waals surface area contributed by atoms with Gasteiger partial charge in [0, 0.05) is 11.4 Å². The van der Waals surface area contributed by atoms with Crippen molar-refractivity contribution >= 4 is 23.4 Å². The molecule has 0 saturated carbocycles. The predicted octanol–water partition coefficient (Wildman–Crippen LogP) is 2.18. The molecule has 102 valence electrons. The fourth-order valence-electron chi connectivity index (χ4n) is 1.49. The van der Waals surface area contributed by atoms with Gasteiger partial charge in [0.1, 0.15) is 12.7 Å². The number of anilines is 1. The average molecular weight is 280 g/mol. The first kappa shape index (κ1) is 15.3. The molecule has 19 heavy (non-hydrogen) atoms. The first-order valence-corrected chi connectivity index (χ1v) is 6.87. The van der Waals surface area contributed by atoms with Crippen LogP contribution in [-0.2, 0) is 9.53 Å². The zero-order valence-electron chi connectivity index (χ0n) is 10.7. The van der Waals surface area contributed by atoms with E-state index in [1.54, 1.807) is 11.8 Å². The van der Waals surface area contributed by atoms with Crippen LogP contribution in [0.2, 0.25) is 0 Å². The maximum absolute atomic E-state index is 10.3. The molecule has 1 rings (SSSR count). The largest absolute Gasteiger partial charge is 0.480 e. The fourth-order valence-corrected chi connectivity index (χ4v) is 2.27. The van der Waals surface area contributed by atoms with E-state index in [9.17, 15) is 10.1 Å². The van der Waals surface area contributed by atoms with Gasteiger partial charge < -0.3 is 15.2 Å². The second kappa shape index (κ2) is 8.40. The van der Waals surface area contributed by atoms with Gasteiger partial charge in [0.25, 0.3) is 0 Å². The number of nitrogens with one attached hydrogen (secondary N) is 1. The van der Waals surface area contributed by atoms with Gasteiger partial charge in [-0.15, -0.1) is 11.8 Å². The summed E-state index contributed by atoms with van der Waals surface area (Å²) in [5.41, 5.74) is 1.37. The van der Waals surface area contributed by atoms with Crippen LogP contribution in [0.15, 0.2) is 23.1 Å². The Morgan fingerprint density at radius 1 is 1.58 bits per heavy atom. The van der Waals surface area contributed by atoms with E-state index >= 15 is 0 Å². The molecule has 0 saturated heterocycles. The van der Waals surface area contributed by atoms with Crippen molar-refractivity contribution in [3.05, 3.63) is 23.8 Å². The Labute approximate surface area is 116 Å². The summed E-state index contributed by atoms with van der Waals surface area (Å²) >= 11 is 1.62. The van der Waals surface area contributed by atoms with Gasteiger partial charge >= 0.3 is 5.97 Å². The summed E-state index contributed by atoms with van der Waals surface area (Å²) in [5, 5.41) is 20.7. The van der Waals surface area contributed by atoms with Crippen LogP contribution in [0.3, 0.4) is 0 Å². The number of nitrogens with zero attached hydrogens (tertiary/aromatic N) is 1. The first-order chi connectivity index (χ1) is 9.19. The van der Waals surface area contributed by atoms with Crippen LogP contribution in [0.5, 0.6) is 0 Å². The number of carbonyl (C=O) groups is 1. The molecular weight excluding hydrogens is 264 g/mol. The Balaban J connectivity index is 2.56. The molecule has 0 fully saturated rings. The summed E-state index contributed by atoms with van der Waals surface area (Å²) in [7, 11) is 0. The zero-order valence-corrected chi connectivity index (χ0v) is 11.5. The maximum Gasteiger partial charge on any atom is 0.329 e. The highest BCUT2D eigenvalue weighted by Gasteiger charge is 2.07. The van der Waals surface area contributed by atoms with Crippen molar-refractivity contribution in [3.63, 3.8) is 0 Å². The summed E-state index contributed by atoms with van der Waals surface area (Å²) in [5.74, 6) is -0.0843. The van der Waals surface area contributed by atoms with Gasteiger partial charge in [-0.25, -0.2) is 4.79 Å². The van der Waals surface area contributed by atoms with Gasteiger partial charge in [-0.3, -0.25) is 0 Å². The number of carboxylic acids is 1. The molecule has 5 nitrogen and oxygen atoms in total. The van der Waals surface area contributed by atoms with Crippen LogP contribution in [-0.4, -0.2) is 36.6 Å². The molecule has 0 bridgehead atoms. The molecule has 1 aromatic carbocycles. The van der Waals surface area contributed by atoms with Gasteiger partial charge in [0.2, 0.25) is 0 Å². The SMILES string of the molecule is CCSc1cccc(NCCOCC(=O)O)c1C#N. The van der Waals surface area contributed by atoms with Crippen molar-refractivity contribution in [1.29, 1.82) is 5.26 Å². The summed E-state index contributed by atoms with van der Waals surface area (Å²) in [6.07, 6.45) is 0. The van der Waals surface area contributed by atoms with Crippen LogP contribution in [0, 0.1) is 11.3 Å². The van der Waals surface area contributed by atoms with E-state index < -0.39 is 5.97 Å². The van der Waals surface area contributed by atoms with Crippen LogP contribution >= 0.6 is 11.8 Å². The van der Waals surface area contributed by atoms with E-state index in [1.807, 2.05) is 25.1 Å². The smallest absolute Gasteiger partial charge is 0.329 e. The Kier molecular flexibility index (Phi) is 6.79. The van der Waals surface area contributed by atoms with E-state index in [4.69, 9.17) is 9.84 Å². The molecule has 0 spiro atoms. The number of benzene rings is 1. The van der Waals surface area contributed by atoms with Crippen LogP contribution in [0.1, 0.15) is 12.5 Å². The summed E-state index contributed by atoms with van der Waals surface area (Å²) in [6.45, 7) is 2.47. The molecule has 0 aromatic heterocycles. The lowest BCUT2D eigenvalue weighted by Crippen LogP contribution is -2.14. The normalized spacial score (nSPS) is 9.89. The fraction of sp³-hybridized carbons (Fsp3) is 0.385. The monoisotopic (exact) mass is 280 g/mol. The van der Waals surface area contributed by atoms with E-state index in [0.717, 1.165) is 16.3 Å². The number of aliphatic carboxylic acids is 1. The number of hydrogen-bond acceptors (Lipinski definition) is 5. The second-order valence-electron chi connectivity index (χ2n) is 3.60. The van der Waals surface area contributed by atoms with Crippen LogP contribution in [0.4, 0.5) is 5.69 Å². The lowest BCUT2D eigenvalue weighted by atomic mass is 10.2. The van der Waals surface area contributed by atoms with Crippen molar-refractivity contribution in [2.45, 2.75) is 11.8 Å². The minimum atomic E-state index is -0.987. The second-order valence-corrected chi connectivity index (χ2v) is 4.90. The number of carboxylic acid groups (broad SMARTS) is 1. The lowest BCUT2D eigenvalue weighted by Gasteiger charge is -2.10. The van der Waals surface area contributed by atoms with E-state index in [-0.39, 0.29) is 13.2 Å². The van der Waals surface area contributed by atoms with Gasteiger partial charge in [-0.1, -0.05) is 13.0 Å². The van der Waals surface area contributed by atoms with Crippen molar-refractivity contribution in [3.8, 4) is 6.07 Å². The Bertz CT molecular complexity index is 471. The summed E-state index contributed by atoms with van der Waals surface area (Å²) in [6, 6.07) is 7.82. The van der Waals surface area contributed by atoms with E-state index in [1.165, 1.54) is 0 Å². The molecule has 0 radical (unpaired) electrons. The highest BCUT2D eigenvalue weighted by Crippen LogP contribution is 2.27.